The molecular weight excluding hydrogens is 491 g/mol. The first-order valence-electron chi connectivity index (χ1n) is 12.3. The van der Waals surface area contributed by atoms with Crippen LogP contribution in [0.2, 0.25) is 0 Å². The number of ketones is 1. The number of halogens is 1. The van der Waals surface area contributed by atoms with Crippen LogP contribution in [0.25, 0.3) is 0 Å². The minimum atomic E-state index is -0.770. The Hall–Kier alpha value is -4.28. The molecule has 200 valence electrons. The number of benzene rings is 1. The molecule has 0 bridgehead atoms. The maximum absolute atomic E-state index is 13.3. The van der Waals surface area contributed by atoms with Crippen LogP contribution in [-0.4, -0.2) is 61.4 Å². The predicted octanol–water partition coefficient (Wildman–Crippen LogP) is 2.76. The summed E-state index contributed by atoms with van der Waals surface area (Å²) in [7, 11) is 3.33. The average Bonchev–Trinajstić information content (AvgIpc) is 3.39. The molecule has 11 heteroatoms. The van der Waals surface area contributed by atoms with Gasteiger partial charge < -0.3 is 20.1 Å². The van der Waals surface area contributed by atoms with Crippen LogP contribution in [0.5, 0.6) is 0 Å². The van der Waals surface area contributed by atoms with E-state index in [2.05, 4.69) is 15.7 Å². The molecule has 0 unspecified atom stereocenters. The minimum absolute atomic E-state index is 0.122. The topological polar surface area (TPSA) is 118 Å². The summed E-state index contributed by atoms with van der Waals surface area (Å²) in [6.45, 7) is 6.01. The lowest BCUT2D eigenvalue weighted by molar-refractivity contribution is -0.119. The summed E-state index contributed by atoms with van der Waals surface area (Å²) in [4.78, 5) is 53.8. The van der Waals surface area contributed by atoms with Crippen LogP contribution in [0.4, 0.5) is 10.1 Å². The van der Waals surface area contributed by atoms with Crippen molar-refractivity contribution in [2.45, 2.75) is 39.2 Å². The van der Waals surface area contributed by atoms with Crippen molar-refractivity contribution in [1.82, 2.24) is 24.6 Å². The van der Waals surface area contributed by atoms with E-state index in [0.29, 0.717) is 48.6 Å². The fourth-order valence-electron chi connectivity index (χ4n) is 4.87. The van der Waals surface area contributed by atoms with Gasteiger partial charge in [0.1, 0.15) is 11.5 Å². The number of hydrogen-bond donors (Lipinski definition) is 2. The number of carbonyl (C=O) groups excluding carboxylic acids is 4. The minimum Gasteiger partial charge on any atom is -0.344 e. The number of aryl methyl sites for hydroxylation is 1. The molecule has 2 aromatic heterocycles. The molecule has 10 nitrogen and oxygen atoms in total. The number of nitrogens with zero attached hydrogens (tertiary/aromatic N) is 4. The van der Waals surface area contributed by atoms with E-state index in [0.717, 1.165) is 0 Å². The molecule has 4 rings (SSSR count). The molecule has 1 saturated heterocycles. The average molecular weight is 523 g/mol. The molecular formula is C27H31FN6O4. The van der Waals surface area contributed by atoms with Crippen LogP contribution in [0.15, 0.2) is 36.5 Å². The van der Waals surface area contributed by atoms with Gasteiger partial charge in [0.25, 0.3) is 23.5 Å². The molecule has 0 spiro atoms. The molecule has 3 amide bonds. The zero-order valence-electron chi connectivity index (χ0n) is 22.1. The Kier molecular flexibility index (Phi) is 7.21. The van der Waals surface area contributed by atoms with Gasteiger partial charge in [-0.05, 0) is 69.5 Å². The van der Waals surface area contributed by atoms with Gasteiger partial charge in [0.2, 0.25) is 0 Å². The number of hydrogen-bond acceptors (Lipinski definition) is 5. The van der Waals surface area contributed by atoms with Gasteiger partial charge in [-0.3, -0.25) is 23.9 Å². The second kappa shape index (κ2) is 10.2. The SMILES string of the molecule is Cc1c(C(=O)Nc2ccc(F)cc2)c(C)n(C)c1C(=O)C(=O)NC1(C)CCN(C(=O)c2ccnn2C)CC1. The van der Waals surface area contributed by atoms with Crippen LogP contribution < -0.4 is 10.6 Å². The Morgan fingerprint density at radius 1 is 1.00 bits per heavy atom. The fraction of sp³-hybridized carbons (Fsp3) is 0.370. The van der Waals surface area contributed by atoms with E-state index in [1.54, 1.807) is 45.1 Å². The van der Waals surface area contributed by atoms with Gasteiger partial charge in [-0.1, -0.05) is 0 Å². The second-order valence-electron chi connectivity index (χ2n) is 9.93. The standard InChI is InChI=1S/C27H31FN6O4/c1-16-21(24(36)30-19-8-6-18(28)7-9-19)17(2)32(4)22(16)23(35)25(37)31-27(3)11-14-34(15-12-27)26(38)20-10-13-29-33(20)5/h6-10,13H,11-12,14-15H2,1-5H3,(H,30,36)(H,31,37). The van der Waals surface area contributed by atoms with Crippen molar-refractivity contribution in [1.29, 1.82) is 0 Å². The molecule has 38 heavy (non-hydrogen) atoms. The summed E-state index contributed by atoms with van der Waals surface area (Å²) in [6.07, 6.45) is 2.52. The Morgan fingerprint density at radius 2 is 1.63 bits per heavy atom. The van der Waals surface area contributed by atoms with E-state index in [1.165, 1.54) is 33.5 Å². The van der Waals surface area contributed by atoms with Crippen LogP contribution in [0.1, 0.15) is 62.4 Å². The molecule has 0 aliphatic carbocycles. The van der Waals surface area contributed by atoms with E-state index < -0.39 is 29.0 Å². The van der Waals surface area contributed by atoms with Crippen LogP contribution in [0.3, 0.4) is 0 Å². The normalized spacial score (nSPS) is 14.7. The maximum Gasteiger partial charge on any atom is 0.294 e. The quantitative estimate of drug-likeness (QED) is 0.381. The molecule has 1 fully saturated rings. The number of Topliss-reactive ketones (excluding diaryl/α,β-unsaturated/α-hetero) is 1. The number of likely N-dealkylation sites (tertiary alicyclic amines) is 1. The van der Waals surface area contributed by atoms with Crippen molar-refractivity contribution in [3.8, 4) is 0 Å². The van der Waals surface area contributed by atoms with Crippen molar-refractivity contribution in [3.05, 3.63) is 70.6 Å². The summed E-state index contributed by atoms with van der Waals surface area (Å²) in [5.74, 6) is -2.53. The summed E-state index contributed by atoms with van der Waals surface area (Å²) >= 11 is 0. The lowest BCUT2D eigenvalue weighted by Crippen LogP contribution is -2.55. The number of amides is 3. The zero-order chi connectivity index (χ0) is 27.8. The number of anilines is 1. The van der Waals surface area contributed by atoms with Crippen molar-refractivity contribution in [3.63, 3.8) is 0 Å². The highest BCUT2D eigenvalue weighted by molar-refractivity contribution is 6.43. The number of piperidine rings is 1. The number of nitrogens with one attached hydrogen (secondary N) is 2. The molecule has 1 aromatic carbocycles. The molecule has 1 aliphatic rings. The first kappa shape index (κ1) is 26.8. The highest BCUT2D eigenvalue weighted by Gasteiger charge is 2.37. The Morgan fingerprint density at radius 3 is 2.21 bits per heavy atom. The third-order valence-corrected chi connectivity index (χ3v) is 7.29. The molecule has 0 radical (unpaired) electrons. The van der Waals surface area contributed by atoms with Gasteiger partial charge >= 0.3 is 0 Å². The lowest BCUT2D eigenvalue weighted by Gasteiger charge is -2.39. The first-order valence-corrected chi connectivity index (χ1v) is 12.3. The van der Waals surface area contributed by atoms with Crippen LogP contribution >= 0.6 is 0 Å². The largest absolute Gasteiger partial charge is 0.344 e. The summed E-state index contributed by atoms with van der Waals surface area (Å²) in [5, 5.41) is 9.61. The predicted molar refractivity (Wildman–Crippen MR) is 138 cm³/mol. The smallest absolute Gasteiger partial charge is 0.294 e. The van der Waals surface area contributed by atoms with Crippen LogP contribution in [-0.2, 0) is 18.9 Å². The van der Waals surface area contributed by atoms with Gasteiger partial charge in [0.15, 0.2) is 0 Å². The fourth-order valence-corrected chi connectivity index (χ4v) is 4.87. The zero-order valence-corrected chi connectivity index (χ0v) is 22.1. The highest BCUT2D eigenvalue weighted by atomic mass is 19.1. The first-order chi connectivity index (χ1) is 17.9. The van der Waals surface area contributed by atoms with Gasteiger partial charge in [-0.2, -0.15) is 5.10 Å². The van der Waals surface area contributed by atoms with Gasteiger partial charge in [0, 0.05) is 50.3 Å². The number of rotatable bonds is 6. The third kappa shape index (κ3) is 5.09. The Bertz CT molecular complexity index is 1410. The number of carbonyl (C=O) groups is 4. The monoisotopic (exact) mass is 522 g/mol. The summed E-state index contributed by atoms with van der Waals surface area (Å²) in [5.41, 5.74) is 1.52. The molecule has 0 atom stereocenters. The third-order valence-electron chi connectivity index (χ3n) is 7.29. The number of aromatic nitrogens is 3. The van der Waals surface area contributed by atoms with Gasteiger partial charge in [-0.15, -0.1) is 0 Å². The van der Waals surface area contributed by atoms with Crippen molar-refractivity contribution in [2.24, 2.45) is 14.1 Å². The van der Waals surface area contributed by atoms with Gasteiger partial charge in [-0.25, -0.2) is 4.39 Å². The van der Waals surface area contributed by atoms with Crippen molar-refractivity contribution < 1.29 is 23.6 Å². The summed E-state index contributed by atoms with van der Waals surface area (Å²) < 4.78 is 16.3. The Balaban J connectivity index is 1.45. The van der Waals surface area contributed by atoms with Crippen LogP contribution in [0, 0.1) is 19.7 Å². The molecule has 0 saturated carbocycles. The van der Waals surface area contributed by atoms with Gasteiger partial charge in [0.05, 0.1) is 11.3 Å². The highest BCUT2D eigenvalue weighted by Crippen LogP contribution is 2.26. The molecule has 1 aliphatic heterocycles. The van der Waals surface area contributed by atoms with E-state index in [-0.39, 0.29) is 17.2 Å². The Labute approximate surface area is 219 Å². The van der Waals surface area contributed by atoms with E-state index in [4.69, 9.17) is 0 Å². The second-order valence-corrected chi connectivity index (χ2v) is 9.93. The molecule has 3 aromatic rings. The van der Waals surface area contributed by atoms with E-state index >= 15 is 0 Å². The van der Waals surface area contributed by atoms with E-state index in [9.17, 15) is 23.6 Å². The van der Waals surface area contributed by atoms with E-state index in [1.807, 2.05) is 6.92 Å². The van der Waals surface area contributed by atoms with Crippen molar-refractivity contribution >= 4 is 29.2 Å². The summed E-state index contributed by atoms with van der Waals surface area (Å²) in [6, 6.07) is 7.02. The molecule has 2 N–H and O–H groups in total. The van der Waals surface area contributed by atoms with Crippen molar-refractivity contribution in [2.75, 3.05) is 18.4 Å². The maximum atomic E-state index is 13.3. The molecule has 3 heterocycles. The lowest BCUT2D eigenvalue weighted by atomic mass is 9.89.